The minimum Gasteiger partial charge on any atom is -0.497 e. The van der Waals surface area contributed by atoms with Gasteiger partial charge in [-0.15, -0.1) is 0 Å². The molecule has 0 saturated heterocycles. The number of carbonyl (C=O) groups excluding carboxylic acids is 1. The van der Waals surface area contributed by atoms with Crippen LogP contribution in [0.1, 0.15) is 39.2 Å². The van der Waals surface area contributed by atoms with Crippen LogP contribution in [-0.2, 0) is 11.3 Å². The van der Waals surface area contributed by atoms with E-state index in [2.05, 4.69) is 21.2 Å². The Labute approximate surface area is 152 Å². The zero-order valence-electron chi connectivity index (χ0n) is 14.9. The SMILES string of the molecule is COc1ccc(Br)c(CNCCN(C(=O)OC(C)(C)C)C2CC2)c1. The summed E-state index contributed by atoms with van der Waals surface area (Å²) in [6.07, 6.45) is 1.93. The van der Waals surface area contributed by atoms with Crippen LogP contribution in [0.25, 0.3) is 0 Å². The highest BCUT2D eigenvalue weighted by Crippen LogP contribution is 2.28. The third-order valence-electron chi connectivity index (χ3n) is 3.71. The van der Waals surface area contributed by atoms with Gasteiger partial charge in [0.05, 0.1) is 7.11 Å². The number of carbonyl (C=O) groups is 1. The molecule has 1 aromatic rings. The number of methoxy groups -OCH3 is 1. The molecule has 0 bridgehead atoms. The van der Waals surface area contributed by atoms with E-state index >= 15 is 0 Å². The molecule has 5 nitrogen and oxygen atoms in total. The fourth-order valence-electron chi connectivity index (χ4n) is 2.37. The van der Waals surface area contributed by atoms with Crippen molar-refractivity contribution >= 4 is 22.0 Å². The number of hydrogen-bond acceptors (Lipinski definition) is 4. The Kier molecular flexibility index (Phi) is 6.52. The van der Waals surface area contributed by atoms with Crippen molar-refractivity contribution in [1.29, 1.82) is 0 Å². The molecule has 1 aliphatic carbocycles. The van der Waals surface area contributed by atoms with E-state index in [-0.39, 0.29) is 6.09 Å². The molecule has 2 rings (SSSR count). The molecule has 0 atom stereocenters. The monoisotopic (exact) mass is 398 g/mol. The molecule has 24 heavy (non-hydrogen) atoms. The molecule has 1 saturated carbocycles. The lowest BCUT2D eigenvalue weighted by atomic mass is 10.2. The first-order valence-electron chi connectivity index (χ1n) is 8.33. The van der Waals surface area contributed by atoms with Crippen LogP contribution >= 0.6 is 15.9 Å². The number of nitrogens with one attached hydrogen (secondary N) is 1. The van der Waals surface area contributed by atoms with Crippen LogP contribution in [0.2, 0.25) is 0 Å². The Bertz CT molecular complexity index is 568. The molecule has 0 spiro atoms. The summed E-state index contributed by atoms with van der Waals surface area (Å²) >= 11 is 3.55. The largest absolute Gasteiger partial charge is 0.497 e. The first-order chi connectivity index (χ1) is 11.3. The Morgan fingerprint density at radius 3 is 2.67 bits per heavy atom. The highest BCUT2D eigenvalue weighted by atomic mass is 79.9. The van der Waals surface area contributed by atoms with Gasteiger partial charge in [-0.05, 0) is 57.4 Å². The fourth-order valence-corrected chi connectivity index (χ4v) is 2.75. The van der Waals surface area contributed by atoms with E-state index in [1.807, 2.05) is 43.9 Å². The van der Waals surface area contributed by atoms with Gasteiger partial charge in [-0.1, -0.05) is 15.9 Å². The molecule has 6 heteroatoms. The standard InChI is InChI=1S/C18H27BrN2O3/c1-18(2,3)24-17(22)21(14-5-6-14)10-9-20-12-13-11-15(23-4)7-8-16(13)19/h7-8,11,14,20H,5-6,9-10,12H2,1-4H3. The lowest BCUT2D eigenvalue weighted by Crippen LogP contribution is -2.41. The number of benzene rings is 1. The molecule has 0 aliphatic heterocycles. The molecule has 134 valence electrons. The van der Waals surface area contributed by atoms with E-state index in [9.17, 15) is 4.79 Å². The van der Waals surface area contributed by atoms with Crippen molar-refractivity contribution in [2.75, 3.05) is 20.2 Å². The zero-order valence-corrected chi connectivity index (χ0v) is 16.5. The van der Waals surface area contributed by atoms with Crippen LogP contribution in [0.5, 0.6) is 5.75 Å². The average molecular weight is 399 g/mol. The van der Waals surface area contributed by atoms with Gasteiger partial charge >= 0.3 is 6.09 Å². The fraction of sp³-hybridized carbons (Fsp3) is 0.611. The number of ether oxygens (including phenoxy) is 2. The van der Waals surface area contributed by atoms with E-state index in [0.717, 1.165) is 35.2 Å². The summed E-state index contributed by atoms with van der Waals surface area (Å²) in [6, 6.07) is 6.24. The van der Waals surface area contributed by atoms with Gasteiger partial charge in [-0.25, -0.2) is 4.79 Å². The van der Waals surface area contributed by atoms with E-state index in [1.165, 1.54) is 0 Å². The maximum Gasteiger partial charge on any atom is 0.410 e. The summed E-state index contributed by atoms with van der Waals surface area (Å²) < 4.78 is 11.8. The van der Waals surface area contributed by atoms with Crippen molar-refractivity contribution in [3.8, 4) is 5.75 Å². The second-order valence-electron chi connectivity index (χ2n) is 7.04. The van der Waals surface area contributed by atoms with Gasteiger partial charge in [-0.2, -0.15) is 0 Å². The minimum atomic E-state index is -0.455. The molecule has 0 aromatic heterocycles. The quantitative estimate of drug-likeness (QED) is 0.706. The molecule has 1 aromatic carbocycles. The Morgan fingerprint density at radius 2 is 2.08 bits per heavy atom. The normalized spacial score (nSPS) is 14.4. The van der Waals surface area contributed by atoms with E-state index in [0.29, 0.717) is 19.1 Å². The average Bonchev–Trinajstić information content (AvgIpc) is 3.31. The lowest BCUT2D eigenvalue weighted by molar-refractivity contribution is 0.0236. The molecular weight excluding hydrogens is 372 g/mol. The van der Waals surface area contributed by atoms with Gasteiger partial charge in [0.25, 0.3) is 0 Å². The predicted molar refractivity (Wildman–Crippen MR) is 98.4 cm³/mol. The first kappa shape index (κ1) is 19.1. The van der Waals surface area contributed by atoms with Crippen LogP contribution in [0.3, 0.4) is 0 Å². The summed E-state index contributed by atoms with van der Waals surface area (Å²) in [5.74, 6) is 0.836. The number of rotatable bonds is 7. The summed E-state index contributed by atoms with van der Waals surface area (Å²) in [4.78, 5) is 14.1. The van der Waals surface area contributed by atoms with Gasteiger partial charge in [0.2, 0.25) is 0 Å². The topological polar surface area (TPSA) is 50.8 Å². The second-order valence-corrected chi connectivity index (χ2v) is 7.89. The third-order valence-corrected chi connectivity index (χ3v) is 4.49. The summed E-state index contributed by atoms with van der Waals surface area (Å²) in [7, 11) is 1.66. The first-order valence-corrected chi connectivity index (χ1v) is 9.12. The van der Waals surface area contributed by atoms with Gasteiger partial charge in [0, 0.05) is 30.1 Å². The van der Waals surface area contributed by atoms with Crippen molar-refractivity contribution in [2.24, 2.45) is 0 Å². The van der Waals surface area contributed by atoms with Gasteiger partial charge in [0.1, 0.15) is 11.4 Å². The number of nitrogens with zero attached hydrogens (tertiary/aromatic N) is 1. The molecule has 0 unspecified atom stereocenters. The minimum absolute atomic E-state index is 0.214. The highest BCUT2D eigenvalue weighted by molar-refractivity contribution is 9.10. The number of hydrogen-bond donors (Lipinski definition) is 1. The van der Waals surface area contributed by atoms with Crippen molar-refractivity contribution in [2.45, 2.75) is 51.8 Å². The molecule has 0 heterocycles. The third kappa shape index (κ3) is 5.98. The van der Waals surface area contributed by atoms with Gasteiger partial charge in [0.15, 0.2) is 0 Å². The summed E-state index contributed by atoms with van der Waals surface area (Å²) in [5.41, 5.74) is 0.674. The predicted octanol–water partition coefficient (Wildman–Crippen LogP) is 3.95. The molecule has 0 radical (unpaired) electrons. The van der Waals surface area contributed by atoms with E-state index in [1.54, 1.807) is 7.11 Å². The Balaban J connectivity index is 1.82. The summed E-state index contributed by atoms with van der Waals surface area (Å²) in [5, 5.41) is 3.39. The Hall–Kier alpha value is -1.27. The van der Waals surface area contributed by atoms with Gasteiger partial charge < -0.3 is 19.7 Å². The zero-order chi connectivity index (χ0) is 17.7. The van der Waals surface area contributed by atoms with Crippen LogP contribution < -0.4 is 10.1 Å². The van der Waals surface area contributed by atoms with Crippen LogP contribution in [0, 0.1) is 0 Å². The second kappa shape index (κ2) is 8.21. The van der Waals surface area contributed by atoms with Crippen molar-refractivity contribution in [3.05, 3.63) is 28.2 Å². The number of amides is 1. The maximum atomic E-state index is 12.3. The smallest absolute Gasteiger partial charge is 0.410 e. The number of halogens is 1. The summed E-state index contributed by atoms with van der Waals surface area (Å²) in [6.45, 7) is 7.78. The lowest BCUT2D eigenvalue weighted by Gasteiger charge is -2.27. The van der Waals surface area contributed by atoms with Gasteiger partial charge in [-0.3, -0.25) is 0 Å². The van der Waals surface area contributed by atoms with Crippen molar-refractivity contribution in [3.63, 3.8) is 0 Å². The van der Waals surface area contributed by atoms with Crippen LogP contribution in [-0.4, -0.2) is 42.8 Å². The molecule has 1 aliphatic rings. The van der Waals surface area contributed by atoms with Crippen LogP contribution in [0.15, 0.2) is 22.7 Å². The molecular formula is C18H27BrN2O3. The highest BCUT2D eigenvalue weighted by Gasteiger charge is 2.34. The molecule has 1 fully saturated rings. The van der Waals surface area contributed by atoms with Crippen molar-refractivity contribution in [1.82, 2.24) is 10.2 Å². The van der Waals surface area contributed by atoms with Crippen molar-refractivity contribution < 1.29 is 14.3 Å². The molecule has 1 amide bonds. The Morgan fingerprint density at radius 1 is 1.38 bits per heavy atom. The molecule has 1 N–H and O–H groups in total. The van der Waals surface area contributed by atoms with E-state index in [4.69, 9.17) is 9.47 Å². The maximum absolute atomic E-state index is 12.3. The van der Waals surface area contributed by atoms with Crippen LogP contribution in [0.4, 0.5) is 4.79 Å². The van der Waals surface area contributed by atoms with E-state index < -0.39 is 5.60 Å².